The van der Waals surface area contributed by atoms with Crippen molar-refractivity contribution in [2.24, 2.45) is 4.99 Å². The van der Waals surface area contributed by atoms with Crippen molar-refractivity contribution >= 4 is 11.5 Å². The van der Waals surface area contributed by atoms with Crippen molar-refractivity contribution in [2.45, 2.75) is 26.8 Å². The number of rotatable bonds is 3. The summed E-state index contributed by atoms with van der Waals surface area (Å²) in [4.78, 5) is 14.5. The van der Waals surface area contributed by atoms with Gasteiger partial charge in [0, 0.05) is 6.92 Å². The van der Waals surface area contributed by atoms with Crippen molar-refractivity contribution in [3.63, 3.8) is 0 Å². The van der Waals surface area contributed by atoms with Gasteiger partial charge in [0.05, 0.1) is 18.4 Å². The van der Waals surface area contributed by atoms with Crippen LogP contribution >= 0.6 is 0 Å². The highest BCUT2D eigenvalue weighted by molar-refractivity contribution is 6.38. The van der Waals surface area contributed by atoms with Gasteiger partial charge >= 0.3 is 0 Å². The molecule has 0 aliphatic carbocycles. The molecule has 0 saturated carbocycles. The predicted molar refractivity (Wildman–Crippen MR) is 40.3 cm³/mol. The van der Waals surface area contributed by atoms with E-state index < -0.39 is 0 Å². The van der Waals surface area contributed by atoms with Gasteiger partial charge in [-0.25, -0.2) is 0 Å². The average Bonchev–Trinajstić information content (AvgIpc) is 1.87. The number of aliphatic hydroxyl groups is 1. The molecule has 0 saturated heterocycles. The second kappa shape index (κ2) is 4.17. The van der Waals surface area contributed by atoms with Crippen molar-refractivity contribution in [1.82, 2.24) is 0 Å². The molecule has 0 bridgehead atoms. The molecule has 3 heteroatoms. The minimum Gasteiger partial charge on any atom is -0.394 e. The van der Waals surface area contributed by atoms with Gasteiger partial charge in [-0.15, -0.1) is 0 Å². The summed E-state index contributed by atoms with van der Waals surface area (Å²) in [6.45, 7) is 4.86. The molecule has 0 aromatic rings. The number of aliphatic imine (C=N–C) groups is 1. The smallest absolute Gasteiger partial charge is 0.173 e. The van der Waals surface area contributed by atoms with Crippen LogP contribution in [0.25, 0.3) is 0 Å². The standard InChI is InChI=1S/C7H13NO2/c1-5(4-9)8-6(2)7(3)10/h5,9H,4H2,1-3H3. The van der Waals surface area contributed by atoms with Crippen molar-refractivity contribution in [3.8, 4) is 0 Å². The number of ketones is 1. The summed E-state index contributed by atoms with van der Waals surface area (Å²) in [5.74, 6) is -0.0414. The molecule has 1 unspecified atom stereocenters. The van der Waals surface area contributed by atoms with Crippen LogP contribution in [0.2, 0.25) is 0 Å². The second-order valence-corrected chi connectivity index (χ2v) is 2.30. The Balaban J connectivity index is 4.02. The first-order valence-electron chi connectivity index (χ1n) is 3.24. The van der Waals surface area contributed by atoms with Gasteiger partial charge < -0.3 is 5.11 Å². The molecule has 0 aromatic heterocycles. The molecule has 0 rings (SSSR count). The van der Waals surface area contributed by atoms with Gasteiger partial charge in [0.1, 0.15) is 0 Å². The molecule has 0 spiro atoms. The summed E-state index contributed by atoms with van der Waals surface area (Å²) in [6.07, 6.45) is 0. The highest BCUT2D eigenvalue weighted by Gasteiger charge is 2.00. The van der Waals surface area contributed by atoms with Gasteiger partial charge in [0.25, 0.3) is 0 Å². The Morgan fingerprint density at radius 2 is 2.10 bits per heavy atom. The fraction of sp³-hybridized carbons (Fsp3) is 0.714. The maximum atomic E-state index is 10.6. The van der Waals surface area contributed by atoms with Crippen molar-refractivity contribution < 1.29 is 9.90 Å². The largest absolute Gasteiger partial charge is 0.394 e. The average molecular weight is 143 g/mol. The van der Waals surface area contributed by atoms with E-state index in [0.717, 1.165) is 0 Å². The van der Waals surface area contributed by atoms with E-state index in [-0.39, 0.29) is 18.4 Å². The van der Waals surface area contributed by atoms with Crippen LogP contribution in [-0.4, -0.2) is 29.3 Å². The van der Waals surface area contributed by atoms with Crippen molar-refractivity contribution in [2.75, 3.05) is 6.61 Å². The van der Waals surface area contributed by atoms with E-state index in [4.69, 9.17) is 5.11 Å². The third kappa shape index (κ3) is 3.35. The topological polar surface area (TPSA) is 49.7 Å². The summed E-state index contributed by atoms with van der Waals surface area (Å²) in [6, 6.07) is -0.163. The lowest BCUT2D eigenvalue weighted by Crippen LogP contribution is -2.12. The number of carbonyl (C=O) groups excluding carboxylic acids is 1. The van der Waals surface area contributed by atoms with Crippen LogP contribution in [-0.2, 0) is 4.79 Å². The van der Waals surface area contributed by atoms with E-state index in [1.54, 1.807) is 13.8 Å². The zero-order valence-electron chi connectivity index (χ0n) is 6.59. The molecule has 0 radical (unpaired) electrons. The molecule has 0 fully saturated rings. The molecule has 1 N–H and O–H groups in total. The SMILES string of the molecule is CC(=O)C(C)=NC(C)CO. The normalized spacial score (nSPS) is 15.0. The molecule has 0 heterocycles. The van der Waals surface area contributed by atoms with E-state index in [1.807, 2.05) is 0 Å². The lowest BCUT2D eigenvalue weighted by atomic mass is 10.3. The Kier molecular flexibility index (Phi) is 3.88. The molecule has 0 aliphatic rings. The van der Waals surface area contributed by atoms with Crippen LogP contribution in [0, 0.1) is 0 Å². The zero-order valence-corrected chi connectivity index (χ0v) is 6.59. The minimum absolute atomic E-state index is 0.00931. The maximum Gasteiger partial charge on any atom is 0.173 e. The van der Waals surface area contributed by atoms with E-state index in [1.165, 1.54) is 6.92 Å². The maximum absolute atomic E-state index is 10.6. The fourth-order valence-corrected chi connectivity index (χ4v) is 0.462. The van der Waals surface area contributed by atoms with Crippen LogP contribution in [0.3, 0.4) is 0 Å². The van der Waals surface area contributed by atoms with E-state index in [0.29, 0.717) is 5.71 Å². The van der Waals surface area contributed by atoms with Crippen LogP contribution in [0.5, 0.6) is 0 Å². The lowest BCUT2D eigenvalue weighted by molar-refractivity contribution is -0.111. The summed E-state index contributed by atoms with van der Waals surface area (Å²) >= 11 is 0. The summed E-state index contributed by atoms with van der Waals surface area (Å²) < 4.78 is 0. The third-order valence-corrected chi connectivity index (χ3v) is 1.19. The van der Waals surface area contributed by atoms with Crippen molar-refractivity contribution in [3.05, 3.63) is 0 Å². The lowest BCUT2D eigenvalue weighted by Gasteiger charge is -2.00. The van der Waals surface area contributed by atoms with Gasteiger partial charge in [-0.05, 0) is 13.8 Å². The molecular formula is C7H13NO2. The van der Waals surface area contributed by atoms with Crippen LogP contribution < -0.4 is 0 Å². The van der Waals surface area contributed by atoms with Gasteiger partial charge in [0.2, 0.25) is 0 Å². The predicted octanol–water partition coefficient (Wildman–Crippen LogP) is 0.417. The van der Waals surface area contributed by atoms with E-state index >= 15 is 0 Å². The number of hydrogen-bond donors (Lipinski definition) is 1. The Labute approximate surface area is 60.8 Å². The van der Waals surface area contributed by atoms with Crippen LogP contribution in [0.1, 0.15) is 20.8 Å². The number of aliphatic hydroxyl groups excluding tert-OH is 1. The van der Waals surface area contributed by atoms with Crippen molar-refractivity contribution in [1.29, 1.82) is 0 Å². The molecule has 0 amide bonds. The molecule has 3 nitrogen and oxygen atoms in total. The van der Waals surface area contributed by atoms with Gasteiger partial charge in [-0.3, -0.25) is 9.79 Å². The van der Waals surface area contributed by atoms with Crippen LogP contribution in [0.4, 0.5) is 0 Å². The summed E-state index contributed by atoms with van der Waals surface area (Å²) in [7, 11) is 0. The number of nitrogens with zero attached hydrogens (tertiary/aromatic N) is 1. The van der Waals surface area contributed by atoms with Gasteiger partial charge in [0.15, 0.2) is 5.78 Å². The molecule has 10 heavy (non-hydrogen) atoms. The first-order chi connectivity index (χ1) is 4.57. The fourth-order valence-electron chi connectivity index (χ4n) is 0.462. The molecular weight excluding hydrogens is 130 g/mol. The number of hydrogen-bond acceptors (Lipinski definition) is 3. The van der Waals surface area contributed by atoms with E-state index in [9.17, 15) is 4.79 Å². The quantitative estimate of drug-likeness (QED) is 0.582. The Morgan fingerprint density at radius 1 is 1.60 bits per heavy atom. The van der Waals surface area contributed by atoms with E-state index in [2.05, 4.69) is 4.99 Å². The first kappa shape index (κ1) is 9.30. The Morgan fingerprint density at radius 3 is 2.40 bits per heavy atom. The van der Waals surface area contributed by atoms with Gasteiger partial charge in [-0.1, -0.05) is 0 Å². The zero-order chi connectivity index (χ0) is 8.15. The van der Waals surface area contributed by atoms with Gasteiger partial charge in [-0.2, -0.15) is 0 Å². The molecule has 1 atom stereocenters. The highest BCUT2D eigenvalue weighted by Crippen LogP contribution is 1.89. The summed E-state index contributed by atoms with van der Waals surface area (Å²) in [5, 5.41) is 8.55. The summed E-state index contributed by atoms with van der Waals surface area (Å²) in [5.41, 5.74) is 0.474. The first-order valence-corrected chi connectivity index (χ1v) is 3.24. The molecule has 58 valence electrons. The highest BCUT2D eigenvalue weighted by atomic mass is 16.3. The second-order valence-electron chi connectivity index (χ2n) is 2.30. The number of carbonyl (C=O) groups is 1. The molecule has 0 aliphatic heterocycles. The Bertz CT molecular complexity index is 152. The minimum atomic E-state index is -0.163. The van der Waals surface area contributed by atoms with Crippen LogP contribution in [0.15, 0.2) is 4.99 Å². The molecule has 0 aromatic carbocycles. The monoisotopic (exact) mass is 143 g/mol. The third-order valence-electron chi connectivity index (χ3n) is 1.19. The number of Topliss-reactive ketones (excluding diaryl/α,β-unsaturated/α-hetero) is 1. The Hall–Kier alpha value is -0.700.